The molecule has 0 amide bonds. The SMILES string of the molecule is CCNC(=NCc1nccn1Cc1ccccc1)NC1CCCN(c2ccc(C)cc2)C1. The molecule has 1 aliphatic heterocycles. The molecule has 0 spiro atoms. The quantitative estimate of drug-likeness (QED) is 0.440. The molecule has 1 aliphatic rings. The van der Waals surface area contributed by atoms with Crippen molar-refractivity contribution in [2.24, 2.45) is 4.99 Å². The van der Waals surface area contributed by atoms with Crippen LogP contribution in [0.25, 0.3) is 0 Å². The fourth-order valence-electron chi connectivity index (χ4n) is 4.16. The second-order valence-corrected chi connectivity index (χ2v) is 8.42. The van der Waals surface area contributed by atoms with E-state index in [0.29, 0.717) is 12.6 Å². The Morgan fingerprint density at radius 3 is 2.72 bits per heavy atom. The van der Waals surface area contributed by atoms with Gasteiger partial charge in [-0.15, -0.1) is 0 Å². The highest BCUT2D eigenvalue weighted by atomic mass is 15.2. The van der Waals surface area contributed by atoms with Gasteiger partial charge in [0.2, 0.25) is 0 Å². The lowest BCUT2D eigenvalue weighted by Crippen LogP contribution is -2.51. The second kappa shape index (κ2) is 10.8. The normalized spacial score (nSPS) is 16.8. The molecule has 4 rings (SSSR count). The number of piperidine rings is 1. The monoisotopic (exact) mass is 430 g/mol. The number of aromatic nitrogens is 2. The van der Waals surface area contributed by atoms with E-state index in [-0.39, 0.29) is 0 Å². The van der Waals surface area contributed by atoms with Gasteiger partial charge in [0.15, 0.2) is 5.96 Å². The van der Waals surface area contributed by atoms with Crippen molar-refractivity contribution in [3.8, 4) is 0 Å². The summed E-state index contributed by atoms with van der Waals surface area (Å²) in [6.45, 7) is 8.51. The summed E-state index contributed by atoms with van der Waals surface area (Å²) in [5.41, 5.74) is 3.86. The molecule has 2 heterocycles. The van der Waals surface area contributed by atoms with E-state index < -0.39 is 0 Å². The molecule has 32 heavy (non-hydrogen) atoms. The van der Waals surface area contributed by atoms with Crippen molar-refractivity contribution in [3.05, 3.63) is 83.9 Å². The standard InChI is InChI=1S/C26H34N6/c1-3-27-26(29-18-25-28-15-17-32(25)19-22-8-5-4-6-9-22)30-23-10-7-16-31(20-23)24-13-11-21(2)12-14-24/h4-6,8-9,11-15,17,23H,3,7,10,16,18-20H2,1-2H3,(H2,27,29,30). The summed E-state index contributed by atoms with van der Waals surface area (Å²) in [6, 6.07) is 19.7. The molecule has 6 nitrogen and oxygen atoms in total. The van der Waals surface area contributed by atoms with Crippen LogP contribution < -0.4 is 15.5 Å². The Labute approximate surface area is 191 Å². The molecule has 3 aromatic rings. The average Bonchev–Trinajstić information content (AvgIpc) is 3.26. The van der Waals surface area contributed by atoms with E-state index in [4.69, 9.17) is 4.99 Å². The van der Waals surface area contributed by atoms with Gasteiger partial charge < -0.3 is 20.1 Å². The number of nitrogens with zero attached hydrogens (tertiary/aromatic N) is 4. The number of nitrogens with one attached hydrogen (secondary N) is 2. The minimum atomic E-state index is 0.368. The summed E-state index contributed by atoms with van der Waals surface area (Å²) in [5.74, 6) is 1.83. The number of hydrogen-bond acceptors (Lipinski definition) is 3. The van der Waals surface area contributed by atoms with E-state index in [1.807, 2.05) is 18.5 Å². The first-order valence-corrected chi connectivity index (χ1v) is 11.6. The van der Waals surface area contributed by atoms with Crippen LogP contribution in [0.1, 0.15) is 36.7 Å². The van der Waals surface area contributed by atoms with Crippen LogP contribution in [0.2, 0.25) is 0 Å². The highest BCUT2D eigenvalue weighted by Crippen LogP contribution is 2.20. The largest absolute Gasteiger partial charge is 0.369 e. The lowest BCUT2D eigenvalue weighted by Gasteiger charge is -2.35. The Bertz CT molecular complexity index is 993. The lowest BCUT2D eigenvalue weighted by atomic mass is 10.0. The van der Waals surface area contributed by atoms with Crippen LogP contribution in [0.3, 0.4) is 0 Å². The van der Waals surface area contributed by atoms with Gasteiger partial charge in [-0.3, -0.25) is 0 Å². The molecule has 1 fully saturated rings. The minimum absolute atomic E-state index is 0.368. The number of aliphatic imine (C=N–C) groups is 1. The lowest BCUT2D eigenvalue weighted by molar-refractivity contribution is 0.468. The molecule has 1 saturated heterocycles. The van der Waals surface area contributed by atoms with Crippen molar-refractivity contribution in [3.63, 3.8) is 0 Å². The van der Waals surface area contributed by atoms with Gasteiger partial charge >= 0.3 is 0 Å². The van der Waals surface area contributed by atoms with Crippen LogP contribution in [0.5, 0.6) is 0 Å². The van der Waals surface area contributed by atoms with Crippen LogP contribution in [-0.2, 0) is 13.1 Å². The van der Waals surface area contributed by atoms with E-state index >= 15 is 0 Å². The van der Waals surface area contributed by atoms with E-state index in [2.05, 4.69) is 87.5 Å². The Balaban J connectivity index is 1.39. The number of aryl methyl sites for hydroxylation is 1. The minimum Gasteiger partial charge on any atom is -0.369 e. The maximum absolute atomic E-state index is 4.85. The van der Waals surface area contributed by atoms with E-state index in [1.165, 1.54) is 23.2 Å². The third-order valence-corrected chi connectivity index (χ3v) is 5.88. The van der Waals surface area contributed by atoms with E-state index in [1.54, 1.807) is 0 Å². The molecule has 6 heteroatoms. The number of imidazole rings is 1. The first-order valence-electron chi connectivity index (χ1n) is 11.6. The molecule has 0 aliphatic carbocycles. The van der Waals surface area contributed by atoms with Gasteiger partial charge in [0, 0.05) is 50.3 Å². The number of hydrogen-bond donors (Lipinski definition) is 2. The number of benzene rings is 2. The summed E-state index contributed by atoms with van der Waals surface area (Å²) in [6.07, 6.45) is 6.20. The average molecular weight is 431 g/mol. The van der Waals surface area contributed by atoms with Crippen LogP contribution in [0, 0.1) is 6.92 Å². The summed E-state index contributed by atoms with van der Waals surface area (Å²) in [4.78, 5) is 11.9. The number of guanidine groups is 1. The van der Waals surface area contributed by atoms with Gasteiger partial charge in [0.25, 0.3) is 0 Å². The molecule has 1 aromatic heterocycles. The zero-order valence-electron chi connectivity index (χ0n) is 19.2. The Morgan fingerprint density at radius 1 is 1.12 bits per heavy atom. The Morgan fingerprint density at radius 2 is 1.94 bits per heavy atom. The van der Waals surface area contributed by atoms with E-state index in [9.17, 15) is 0 Å². The molecular weight excluding hydrogens is 396 g/mol. The van der Waals surface area contributed by atoms with Crippen molar-refractivity contribution in [2.75, 3.05) is 24.5 Å². The Kier molecular flexibility index (Phi) is 7.43. The highest BCUT2D eigenvalue weighted by molar-refractivity contribution is 5.80. The van der Waals surface area contributed by atoms with Gasteiger partial charge in [-0.05, 0) is 44.4 Å². The van der Waals surface area contributed by atoms with Gasteiger partial charge in [-0.25, -0.2) is 9.98 Å². The summed E-state index contributed by atoms with van der Waals surface area (Å²) >= 11 is 0. The van der Waals surface area contributed by atoms with Crippen LogP contribution in [0.15, 0.2) is 72.0 Å². The molecule has 1 unspecified atom stereocenters. The van der Waals surface area contributed by atoms with Crippen molar-refractivity contribution in [1.29, 1.82) is 0 Å². The first kappa shape index (κ1) is 21.9. The third kappa shape index (κ3) is 5.90. The Hall–Kier alpha value is -3.28. The molecule has 168 valence electrons. The summed E-state index contributed by atoms with van der Waals surface area (Å²) < 4.78 is 2.17. The zero-order valence-corrected chi connectivity index (χ0v) is 19.2. The predicted molar refractivity (Wildman–Crippen MR) is 132 cm³/mol. The maximum Gasteiger partial charge on any atom is 0.191 e. The van der Waals surface area contributed by atoms with Crippen molar-refractivity contribution >= 4 is 11.6 Å². The van der Waals surface area contributed by atoms with E-state index in [0.717, 1.165) is 44.4 Å². The molecule has 0 saturated carbocycles. The molecule has 1 atom stereocenters. The predicted octanol–water partition coefficient (Wildman–Crippen LogP) is 3.96. The highest BCUT2D eigenvalue weighted by Gasteiger charge is 2.21. The topological polar surface area (TPSA) is 57.5 Å². The summed E-state index contributed by atoms with van der Waals surface area (Å²) in [5, 5.41) is 7.07. The molecule has 2 aromatic carbocycles. The van der Waals surface area contributed by atoms with Gasteiger partial charge in [-0.2, -0.15) is 0 Å². The second-order valence-electron chi connectivity index (χ2n) is 8.42. The van der Waals surface area contributed by atoms with Crippen molar-refractivity contribution < 1.29 is 0 Å². The van der Waals surface area contributed by atoms with Crippen molar-refractivity contribution in [1.82, 2.24) is 20.2 Å². The molecule has 0 bridgehead atoms. The van der Waals surface area contributed by atoms with Crippen LogP contribution in [-0.4, -0.2) is 41.2 Å². The fraction of sp³-hybridized carbons (Fsp3) is 0.385. The van der Waals surface area contributed by atoms with Gasteiger partial charge in [0.05, 0.1) is 0 Å². The number of rotatable bonds is 7. The molecule has 2 N–H and O–H groups in total. The zero-order chi connectivity index (χ0) is 22.2. The molecular formula is C26H34N6. The smallest absolute Gasteiger partial charge is 0.191 e. The van der Waals surface area contributed by atoms with Crippen LogP contribution >= 0.6 is 0 Å². The molecule has 0 radical (unpaired) electrons. The fourth-order valence-corrected chi connectivity index (χ4v) is 4.16. The first-order chi connectivity index (χ1) is 15.7. The van der Waals surface area contributed by atoms with Gasteiger partial charge in [-0.1, -0.05) is 48.0 Å². The maximum atomic E-state index is 4.85. The third-order valence-electron chi connectivity index (χ3n) is 5.88. The van der Waals surface area contributed by atoms with Crippen LogP contribution in [0.4, 0.5) is 5.69 Å². The summed E-state index contributed by atoms with van der Waals surface area (Å²) in [7, 11) is 0. The van der Waals surface area contributed by atoms with Crippen molar-refractivity contribution in [2.45, 2.75) is 45.8 Å². The number of anilines is 1. The van der Waals surface area contributed by atoms with Gasteiger partial charge in [0.1, 0.15) is 12.4 Å².